The standard InChI is InChI=1S/C20H17F3N2O7/c1-2-32-16(26)9-13(10-3-5-12(6-4-10)25(30)31)18(20(28)29)24-19(27)17-14(22)7-11(21)8-15(17)23/h3-8,13,18H,2,9H2,1H3,(H,24,27)(H,28,29)/t13-,18-/m1/s1. The maximum atomic E-state index is 13.9. The fourth-order valence-corrected chi connectivity index (χ4v) is 2.98. The molecule has 0 aromatic heterocycles. The lowest BCUT2D eigenvalue weighted by Crippen LogP contribution is -2.46. The van der Waals surface area contributed by atoms with Crippen molar-refractivity contribution in [1.82, 2.24) is 5.32 Å². The number of esters is 1. The summed E-state index contributed by atoms with van der Waals surface area (Å²) in [5.41, 5.74) is -1.41. The number of amides is 1. The highest BCUT2D eigenvalue weighted by Crippen LogP contribution is 2.27. The van der Waals surface area contributed by atoms with Gasteiger partial charge in [0.05, 0.1) is 18.0 Å². The number of carbonyl (C=O) groups excluding carboxylic acids is 2. The van der Waals surface area contributed by atoms with Crippen molar-refractivity contribution in [2.45, 2.75) is 25.3 Å². The van der Waals surface area contributed by atoms with Crippen LogP contribution in [-0.4, -0.2) is 40.5 Å². The van der Waals surface area contributed by atoms with E-state index >= 15 is 0 Å². The number of nitro benzene ring substituents is 1. The van der Waals surface area contributed by atoms with Crippen molar-refractivity contribution in [2.75, 3.05) is 6.61 Å². The van der Waals surface area contributed by atoms with Crippen molar-refractivity contribution in [3.8, 4) is 0 Å². The molecule has 9 nitrogen and oxygen atoms in total. The Morgan fingerprint density at radius 3 is 2.16 bits per heavy atom. The number of ether oxygens (including phenoxy) is 1. The number of carbonyl (C=O) groups is 3. The number of carboxylic acid groups (broad SMARTS) is 1. The summed E-state index contributed by atoms with van der Waals surface area (Å²) in [6.07, 6.45) is -0.572. The Balaban J connectivity index is 2.44. The van der Waals surface area contributed by atoms with Gasteiger partial charge in [0, 0.05) is 30.2 Å². The molecule has 0 spiro atoms. The third-order valence-electron chi connectivity index (χ3n) is 4.41. The number of benzene rings is 2. The minimum absolute atomic E-state index is 0.0259. The minimum atomic E-state index is -1.89. The Bertz CT molecular complexity index is 1020. The van der Waals surface area contributed by atoms with Gasteiger partial charge in [-0.2, -0.15) is 0 Å². The zero-order valence-electron chi connectivity index (χ0n) is 16.5. The van der Waals surface area contributed by atoms with Crippen LogP contribution < -0.4 is 5.32 Å². The fraction of sp³-hybridized carbons (Fsp3) is 0.250. The Hall–Kier alpha value is -3.96. The molecule has 0 bridgehead atoms. The lowest BCUT2D eigenvalue weighted by molar-refractivity contribution is -0.384. The first-order valence-corrected chi connectivity index (χ1v) is 9.13. The van der Waals surface area contributed by atoms with Gasteiger partial charge in [-0.15, -0.1) is 0 Å². The van der Waals surface area contributed by atoms with Gasteiger partial charge in [0.25, 0.3) is 11.6 Å². The van der Waals surface area contributed by atoms with Crippen molar-refractivity contribution in [3.63, 3.8) is 0 Å². The number of nitrogens with one attached hydrogen (secondary N) is 1. The molecule has 12 heteroatoms. The Morgan fingerprint density at radius 1 is 1.12 bits per heavy atom. The molecule has 0 saturated carbocycles. The number of nitrogens with zero attached hydrogens (tertiary/aromatic N) is 1. The van der Waals surface area contributed by atoms with Crippen molar-refractivity contribution >= 4 is 23.5 Å². The van der Waals surface area contributed by atoms with E-state index in [-0.39, 0.29) is 30.0 Å². The van der Waals surface area contributed by atoms with Gasteiger partial charge in [0.15, 0.2) is 0 Å². The van der Waals surface area contributed by atoms with E-state index in [1.54, 1.807) is 0 Å². The fourth-order valence-electron chi connectivity index (χ4n) is 2.98. The van der Waals surface area contributed by atoms with E-state index in [1.165, 1.54) is 19.1 Å². The Kier molecular flexibility index (Phi) is 7.88. The first-order valence-electron chi connectivity index (χ1n) is 9.13. The number of hydrogen-bond donors (Lipinski definition) is 2. The molecular weight excluding hydrogens is 437 g/mol. The number of hydrogen-bond acceptors (Lipinski definition) is 6. The zero-order chi connectivity index (χ0) is 24.0. The molecule has 0 unspecified atom stereocenters. The lowest BCUT2D eigenvalue weighted by Gasteiger charge is -2.25. The van der Waals surface area contributed by atoms with E-state index < -0.39 is 64.2 Å². The molecule has 2 atom stereocenters. The van der Waals surface area contributed by atoms with Gasteiger partial charge in [-0.1, -0.05) is 12.1 Å². The number of aliphatic carboxylic acids is 1. The summed E-state index contributed by atoms with van der Waals surface area (Å²) in [5.74, 6) is -9.70. The van der Waals surface area contributed by atoms with Crippen LogP contribution >= 0.6 is 0 Å². The molecule has 0 aliphatic carbocycles. The van der Waals surface area contributed by atoms with Crippen LogP contribution in [0.25, 0.3) is 0 Å². The van der Waals surface area contributed by atoms with E-state index in [1.807, 2.05) is 5.32 Å². The van der Waals surface area contributed by atoms with Crippen LogP contribution in [0.15, 0.2) is 36.4 Å². The van der Waals surface area contributed by atoms with Gasteiger partial charge >= 0.3 is 11.9 Å². The van der Waals surface area contributed by atoms with Crippen LogP contribution in [0.1, 0.15) is 35.2 Å². The van der Waals surface area contributed by atoms with Crippen LogP contribution in [0, 0.1) is 27.6 Å². The molecule has 0 fully saturated rings. The molecule has 2 aromatic rings. The Labute approximate surface area is 178 Å². The summed E-state index contributed by atoms with van der Waals surface area (Å²) in [7, 11) is 0. The highest BCUT2D eigenvalue weighted by Gasteiger charge is 2.35. The topological polar surface area (TPSA) is 136 Å². The zero-order valence-corrected chi connectivity index (χ0v) is 16.5. The largest absolute Gasteiger partial charge is 0.480 e. The molecular formula is C20H17F3N2O7. The third-order valence-corrected chi connectivity index (χ3v) is 4.41. The van der Waals surface area contributed by atoms with Crippen molar-refractivity contribution in [1.29, 1.82) is 0 Å². The molecule has 0 saturated heterocycles. The van der Waals surface area contributed by atoms with Gasteiger partial charge in [-0.05, 0) is 12.5 Å². The maximum absolute atomic E-state index is 13.9. The van der Waals surface area contributed by atoms with E-state index in [0.29, 0.717) is 0 Å². The van der Waals surface area contributed by atoms with Crippen LogP contribution in [-0.2, 0) is 14.3 Å². The average molecular weight is 454 g/mol. The molecule has 2 rings (SSSR count). The molecule has 170 valence electrons. The van der Waals surface area contributed by atoms with Crippen molar-refractivity contribution < 1.29 is 42.3 Å². The summed E-state index contributed by atoms with van der Waals surface area (Å²) in [6, 6.07) is 3.10. The normalized spacial score (nSPS) is 12.5. The van der Waals surface area contributed by atoms with Crippen LogP contribution in [0.4, 0.5) is 18.9 Å². The summed E-state index contributed by atoms with van der Waals surface area (Å²) >= 11 is 0. The average Bonchev–Trinajstić information content (AvgIpc) is 2.70. The van der Waals surface area contributed by atoms with Gasteiger partial charge in [0.2, 0.25) is 0 Å². The van der Waals surface area contributed by atoms with Crippen molar-refractivity contribution in [2.24, 2.45) is 0 Å². The quantitative estimate of drug-likeness (QED) is 0.338. The van der Waals surface area contributed by atoms with E-state index in [2.05, 4.69) is 0 Å². The second-order valence-electron chi connectivity index (χ2n) is 6.50. The minimum Gasteiger partial charge on any atom is -0.480 e. The SMILES string of the molecule is CCOC(=O)C[C@H](c1ccc([N+](=O)[O-])cc1)[C@@H](NC(=O)c1c(F)cc(F)cc1F)C(=O)O. The van der Waals surface area contributed by atoms with Crippen LogP contribution in [0.5, 0.6) is 0 Å². The van der Waals surface area contributed by atoms with Gasteiger partial charge in [-0.3, -0.25) is 19.7 Å². The number of rotatable bonds is 9. The molecule has 2 aromatic carbocycles. The van der Waals surface area contributed by atoms with Gasteiger partial charge < -0.3 is 15.2 Å². The second kappa shape index (κ2) is 10.4. The molecule has 0 aliphatic rings. The smallest absolute Gasteiger partial charge is 0.326 e. The molecule has 0 radical (unpaired) electrons. The monoisotopic (exact) mass is 454 g/mol. The molecule has 1 amide bonds. The number of carboxylic acids is 1. The predicted octanol–water partition coefficient (Wildman–Crippen LogP) is 2.93. The predicted molar refractivity (Wildman–Crippen MR) is 102 cm³/mol. The van der Waals surface area contributed by atoms with Crippen molar-refractivity contribution in [3.05, 3.63) is 75.1 Å². The third kappa shape index (κ3) is 5.80. The van der Waals surface area contributed by atoms with Gasteiger partial charge in [-0.25, -0.2) is 18.0 Å². The number of non-ortho nitro benzene ring substituents is 1. The summed E-state index contributed by atoms with van der Waals surface area (Å²) in [4.78, 5) is 46.5. The number of halogens is 3. The van der Waals surface area contributed by atoms with Crippen LogP contribution in [0.2, 0.25) is 0 Å². The highest BCUT2D eigenvalue weighted by atomic mass is 19.1. The first kappa shape index (κ1) is 24.3. The molecule has 2 N–H and O–H groups in total. The summed E-state index contributed by atoms with van der Waals surface area (Å²) < 4.78 is 45.8. The summed E-state index contributed by atoms with van der Waals surface area (Å²) in [5, 5.41) is 22.4. The second-order valence-corrected chi connectivity index (χ2v) is 6.50. The van der Waals surface area contributed by atoms with E-state index in [0.717, 1.165) is 12.1 Å². The molecule has 0 heterocycles. The highest BCUT2D eigenvalue weighted by molar-refractivity contribution is 5.97. The number of nitro groups is 1. The van der Waals surface area contributed by atoms with E-state index in [9.17, 15) is 42.8 Å². The van der Waals surface area contributed by atoms with Crippen LogP contribution in [0.3, 0.4) is 0 Å². The van der Waals surface area contributed by atoms with Gasteiger partial charge in [0.1, 0.15) is 29.1 Å². The maximum Gasteiger partial charge on any atom is 0.326 e. The summed E-state index contributed by atoms with van der Waals surface area (Å²) in [6.45, 7) is 1.48. The molecule has 32 heavy (non-hydrogen) atoms. The Morgan fingerprint density at radius 2 is 1.69 bits per heavy atom. The lowest BCUT2D eigenvalue weighted by atomic mass is 9.88. The molecule has 0 aliphatic heterocycles. The first-order chi connectivity index (χ1) is 15.0. The van der Waals surface area contributed by atoms with E-state index in [4.69, 9.17) is 4.74 Å².